The molecule has 2 aromatic carbocycles. The highest BCUT2D eigenvalue weighted by Crippen LogP contribution is 2.28. The molecule has 0 amide bonds. The minimum absolute atomic E-state index is 0.341. The highest BCUT2D eigenvalue weighted by Gasteiger charge is 2.17. The van der Waals surface area contributed by atoms with Gasteiger partial charge in [0.1, 0.15) is 5.75 Å². The van der Waals surface area contributed by atoms with Crippen molar-refractivity contribution in [2.24, 2.45) is 0 Å². The number of rotatable bonds is 3. The molecule has 1 aliphatic heterocycles. The van der Waals surface area contributed by atoms with Crippen molar-refractivity contribution in [2.45, 2.75) is 19.0 Å². The molecule has 1 heterocycles. The molecule has 1 unspecified atom stereocenters. The maximum atomic E-state index is 5.29. The van der Waals surface area contributed by atoms with Crippen LogP contribution in [0.1, 0.15) is 23.6 Å². The molecule has 0 aromatic heterocycles. The van der Waals surface area contributed by atoms with Gasteiger partial charge in [-0.2, -0.15) is 0 Å². The topological polar surface area (TPSA) is 33.3 Å². The van der Waals surface area contributed by atoms with E-state index in [1.807, 2.05) is 18.2 Å². The van der Waals surface area contributed by atoms with Crippen molar-refractivity contribution in [3.63, 3.8) is 0 Å². The Morgan fingerprint density at radius 1 is 1.15 bits per heavy atom. The van der Waals surface area contributed by atoms with E-state index in [0.29, 0.717) is 6.04 Å². The van der Waals surface area contributed by atoms with Crippen LogP contribution in [0.15, 0.2) is 48.5 Å². The van der Waals surface area contributed by atoms with Gasteiger partial charge in [-0.15, -0.1) is 0 Å². The van der Waals surface area contributed by atoms with Crippen LogP contribution in [0.4, 0.5) is 5.69 Å². The van der Waals surface area contributed by atoms with Gasteiger partial charge in [0.2, 0.25) is 0 Å². The number of hydrogen-bond donors (Lipinski definition) is 2. The monoisotopic (exact) mass is 268 g/mol. The predicted octanol–water partition coefficient (Wildman–Crippen LogP) is 3.34. The largest absolute Gasteiger partial charge is 0.497 e. The SMILES string of the molecule is COc1cccc(NC2CCNCc3ccccc32)c1. The Morgan fingerprint density at radius 2 is 2.05 bits per heavy atom. The summed E-state index contributed by atoms with van der Waals surface area (Å²) in [7, 11) is 1.70. The van der Waals surface area contributed by atoms with E-state index in [1.54, 1.807) is 7.11 Å². The summed E-state index contributed by atoms with van der Waals surface area (Å²) >= 11 is 0. The smallest absolute Gasteiger partial charge is 0.120 e. The highest BCUT2D eigenvalue weighted by molar-refractivity contribution is 5.50. The van der Waals surface area contributed by atoms with Gasteiger partial charge in [0.15, 0.2) is 0 Å². The van der Waals surface area contributed by atoms with Crippen LogP contribution in [0.25, 0.3) is 0 Å². The number of fused-ring (bicyclic) bond motifs is 1. The summed E-state index contributed by atoms with van der Waals surface area (Å²) in [6, 6.07) is 17.1. The first-order valence-electron chi connectivity index (χ1n) is 7.06. The molecule has 0 saturated carbocycles. The van der Waals surface area contributed by atoms with Gasteiger partial charge in [-0.1, -0.05) is 30.3 Å². The second kappa shape index (κ2) is 5.97. The third-order valence-electron chi connectivity index (χ3n) is 3.77. The molecular formula is C17H20N2O. The summed E-state index contributed by atoms with van der Waals surface area (Å²) < 4.78 is 5.29. The van der Waals surface area contributed by atoms with Gasteiger partial charge < -0.3 is 15.4 Å². The summed E-state index contributed by atoms with van der Waals surface area (Å²) in [5, 5.41) is 7.11. The molecule has 3 rings (SSSR count). The van der Waals surface area contributed by atoms with Gasteiger partial charge >= 0.3 is 0 Å². The van der Waals surface area contributed by atoms with Crippen molar-refractivity contribution in [3.05, 3.63) is 59.7 Å². The Kier molecular flexibility index (Phi) is 3.88. The molecule has 2 aromatic rings. The maximum absolute atomic E-state index is 5.29. The standard InChI is InChI=1S/C17H20N2O/c1-20-15-7-4-6-14(11-15)19-17-9-10-18-12-13-5-2-3-8-16(13)17/h2-8,11,17-19H,9-10,12H2,1H3. The maximum Gasteiger partial charge on any atom is 0.120 e. The molecule has 1 aliphatic rings. The lowest BCUT2D eigenvalue weighted by molar-refractivity contribution is 0.415. The third-order valence-corrected chi connectivity index (χ3v) is 3.77. The Morgan fingerprint density at radius 3 is 2.95 bits per heavy atom. The van der Waals surface area contributed by atoms with Crippen molar-refractivity contribution in [1.29, 1.82) is 0 Å². The van der Waals surface area contributed by atoms with Gasteiger partial charge in [-0.05, 0) is 36.2 Å². The van der Waals surface area contributed by atoms with Crippen molar-refractivity contribution in [1.82, 2.24) is 5.32 Å². The lowest BCUT2D eigenvalue weighted by Gasteiger charge is -2.20. The lowest BCUT2D eigenvalue weighted by Crippen LogP contribution is -2.15. The quantitative estimate of drug-likeness (QED) is 0.895. The van der Waals surface area contributed by atoms with Crippen LogP contribution in [0.3, 0.4) is 0 Å². The fourth-order valence-corrected chi connectivity index (χ4v) is 2.72. The fourth-order valence-electron chi connectivity index (χ4n) is 2.72. The van der Waals surface area contributed by atoms with Crippen LogP contribution < -0.4 is 15.4 Å². The first-order valence-corrected chi connectivity index (χ1v) is 7.06. The van der Waals surface area contributed by atoms with Crippen LogP contribution in [0, 0.1) is 0 Å². The Bertz CT molecular complexity index is 583. The van der Waals surface area contributed by atoms with Crippen LogP contribution in [-0.2, 0) is 6.54 Å². The molecule has 3 nitrogen and oxygen atoms in total. The van der Waals surface area contributed by atoms with Gasteiger partial charge in [0.05, 0.1) is 13.2 Å². The zero-order chi connectivity index (χ0) is 13.8. The molecule has 0 bridgehead atoms. The molecule has 3 heteroatoms. The highest BCUT2D eigenvalue weighted by atomic mass is 16.5. The first-order chi connectivity index (χ1) is 9.86. The van der Waals surface area contributed by atoms with Crippen LogP contribution in [-0.4, -0.2) is 13.7 Å². The number of hydrogen-bond acceptors (Lipinski definition) is 3. The van der Waals surface area contributed by atoms with E-state index in [-0.39, 0.29) is 0 Å². The van der Waals surface area contributed by atoms with Crippen molar-refractivity contribution >= 4 is 5.69 Å². The molecule has 1 atom stereocenters. The molecule has 2 N–H and O–H groups in total. The van der Waals surface area contributed by atoms with E-state index in [1.165, 1.54) is 11.1 Å². The molecule has 0 spiro atoms. The van der Waals surface area contributed by atoms with Crippen molar-refractivity contribution in [3.8, 4) is 5.75 Å². The fraction of sp³-hybridized carbons (Fsp3) is 0.294. The number of anilines is 1. The molecule has 0 fully saturated rings. The van der Waals surface area contributed by atoms with Gasteiger partial charge in [-0.25, -0.2) is 0 Å². The molecule has 104 valence electrons. The number of nitrogens with one attached hydrogen (secondary N) is 2. The summed E-state index contributed by atoms with van der Waals surface area (Å²) in [5.41, 5.74) is 3.87. The molecule has 20 heavy (non-hydrogen) atoms. The Balaban J connectivity index is 1.86. The van der Waals surface area contributed by atoms with Crippen LogP contribution in [0.2, 0.25) is 0 Å². The van der Waals surface area contributed by atoms with Crippen molar-refractivity contribution < 1.29 is 4.74 Å². The van der Waals surface area contributed by atoms with E-state index in [2.05, 4.69) is 41.0 Å². The molecule has 0 aliphatic carbocycles. The summed E-state index contributed by atoms with van der Waals surface area (Å²) in [4.78, 5) is 0. The number of ether oxygens (including phenoxy) is 1. The third kappa shape index (κ3) is 2.78. The second-order valence-electron chi connectivity index (χ2n) is 5.09. The van der Waals surface area contributed by atoms with Crippen LogP contribution in [0.5, 0.6) is 5.75 Å². The van der Waals surface area contributed by atoms with Gasteiger partial charge in [0, 0.05) is 18.3 Å². The minimum Gasteiger partial charge on any atom is -0.497 e. The van der Waals surface area contributed by atoms with E-state index in [9.17, 15) is 0 Å². The first kappa shape index (κ1) is 13.0. The minimum atomic E-state index is 0.341. The Hall–Kier alpha value is -2.00. The lowest BCUT2D eigenvalue weighted by atomic mass is 9.99. The van der Waals surface area contributed by atoms with E-state index in [4.69, 9.17) is 4.74 Å². The van der Waals surface area contributed by atoms with Crippen molar-refractivity contribution in [2.75, 3.05) is 19.0 Å². The molecule has 0 saturated heterocycles. The van der Waals surface area contributed by atoms with Gasteiger partial charge in [-0.3, -0.25) is 0 Å². The average molecular weight is 268 g/mol. The molecule has 0 radical (unpaired) electrons. The predicted molar refractivity (Wildman–Crippen MR) is 82.1 cm³/mol. The summed E-state index contributed by atoms with van der Waals surface area (Å²) in [6.07, 6.45) is 1.08. The van der Waals surface area contributed by atoms with Gasteiger partial charge in [0.25, 0.3) is 0 Å². The summed E-state index contributed by atoms with van der Waals surface area (Å²) in [6.45, 7) is 1.97. The second-order valence-corrected chi connectivity index (χ2v) is 5.09. The molecular weight excluding hydrogens is 248 g/mol. The zero-order valence-electron chi connectivity index (χ0n) is 11.7. The summed E-state index contributed by atoms with van der Waals surface area (Å²) in [5.74, 6) is 0.884. The average Bonchev–Trinajstić information content (AvgIpc) is 2.70. The zero-order valence-corrected chi connectivity index (χ0v) is 11.7. The van der Waals surface area contributed by atoms with E-state index in [0.717, 1.165) is 30.9 Å². The van der Waals surface area contributed by atoms with Crippen LogP contribution >= 0.6 is 0 Å². The van der Waals surface area contributed by atoms with E-state index < -0.39 is 0 Å². The normalized spacial score (nSPS) is 17.9. The number of methoxy groups -OCH3 is 1. The number of benzene rings is 2. The van der Waals surface area contributed by atoms with E-state index >= 15 is 0 Å². The Labute approximate surface area is 120 Å².